The molecule has 0 unspecified atom stereocenters. The molecular formula is C15H17FN2O2. The number of halogens is 1. The molecule has 4 nitrogen and oxygen atoms in total. The van der Waals surface area contributed by atoms with Gasteiger partial charge in [0, 0.05) is 23.4 Å². The summed E-state index contributed by atoms with van der Waals surface area (Å²) in [7, 11) is 1.62. The van der Waals surface area contributed by atoms with E-state index in [9.17, 15) is 4.39 Å². The highest BCUT2D eigenvalue weighted by atomic mass is 19.1. The minimum Gasteiger partial charge on any atom is -0.496 e. The van der Waals surface area contributed by atoms with Crippen molar-refractivity contribution in [2.75, 3.05) is 12.8 Å². The van der Waals surface area contributed by atoms with Crippen molar-refractivity contribution in [2.24, 2.45) is 0 Å². The Kier molecular flexibility index (Phi) is 4.08. The van der Waals surface area contributed by atoms with Crippen molar-refractivity contribution in [1.29, 1.82) is 0 Å². The first-order valence-electron chi connectivity index (χ1n) is 6.19. The summed E-state index contributed by atoms with van der Waals surface area (Å²) in [6.07, 6.45) is 1.73. The number of nitrogens with two attached hydrogens (primary N) is 1. The van der Waals surface area contributed by atoms with Gasteiger partial charge in [-0.05, 0) is 26.0 Å². The molecule has 1 heterocycles. The second-order valence-electron chi connectivity index (χ2n) is 4.52. The smallest absolute Gasteiger partial charge is 0.149 e. The SMILES string of the molecule is COc1c(C)cnc(COc2ccc(N)c(F)c2)c1C. The molecule has 0 saturated carbocycles. The van der Waals surface area contributed by atoms with Crippen molar-refractivity contribution in [2.45, 2.75) is 20.5 Å². The first kappa shape index (κ1) is 14.1. The van der Waals surface area contributed by atoms with Crippen LogP contribution in [0.15, 0.2) is 24.4 Å². The maximum atomic E-state index is 13.3. The Morgan fingerprint density at radius 2 is 2.05 bits per heavy atom. The number of nitrogen functional groups attached to an aromatic ring is 1. The van der Waals surface area contributed by atoms with E-state index in [1.165, 1.54) is 12.1 Å². The second kappa shape index (κ2) is 5.77. The van der Waals surface area contributed by atoms with Gasteiger partial charge in [-0.3, -0.25) is 4.98 Å². The van der Waals surface area contributed by atoms with Crippen molar-refractivity contribution in [3.05, 3.63) is 47.0 Å². The molecule has 0 atom stereocenters. The summed E-state index contributed by atoms with van der Waals surface area (Å²) in [6.45, 7) is 4.09. The van der Waals surface area contributed by atoms with E-state index in [2.05, 4.69) is 4.98 Å². The average Bonchev–Trinajstić information content (AvgIpc) is 2.42. The third-order valence-corrected chi connectivity index (χ3v) is 3.10. The zero-order valence-corrected chi connectivity index (χ0v) is 11.7. The van der Waals surface area contributed by atoms with Crippen molar-refractivity contribution in [1.82, 2.24) is 4.98 Å². The Morgan fingerprint density at radius 1 is 1.30 bits per heavy atom. The first-order valence-corrected chi connectivity index (χ1v) is 6.19. The number of anilines is 1. The number of rotatable bonds is 4. The van der Waals surface area contributed by atoms with Crippen LogP contribution in [-0.4, -0.2) is 12.1 Å². The van der Waals surface area contributed by atoms with Crippen LogP contribution >= 0.6 is 0 Å². The van der Waals surface area contributed by atoms with Crippen LogP contribution in [0.4, 0.5) is 10.1 Å². The van der Waals surface area contributed by atoms with Crippen LogP contribution in [-0.2, 0) is 6.61 Å². The lowest BCUT2D eigenvalue weighted by Crippen LogP contribution is -2.04. The molecule has 0 fully saturated rings. The average molecular weight is 276 g/mol. The molecule has 0 radical (unpaired) electrons. The minimum atomic E-state index is -0.492. The number of ether oxygens (including phenoxy) is 2. The summed E-state index contributed by atoms with van der Waals surface area (Å²) < 4.78 is 24.2. The van der Waals surface area contributed by atoms with Crippen LogP contribution in [0.3, 0.4) is 0 Å². The summed E-state index contributed by atoms with van der Waals surface area (Å²) in [5.41, 5.74) is 8.16. The number of hydrogen-bond acceptors (Lipinski definition) is 4. The number of nitrogens with zero attached hydrogens (tertiary/aromatic N) is 1. The van der Waals surface area contributed by atoms with Gasteiger partial charge in [-0.1, -0.05) is 0 Å². The summed E-state index contributed by atoms with van der Waals surface area (Å²) in [4.78, 5) is 4.32. The van der Waals surface area contributed by atoms with Crippen LogP contribution in [0.5, 0.6) is 11.5 Å². The van der Waals surface area contributed by atoms with Gasteiger partial charge >= 0.3 is 0 Å². The predicted octanol–water partition coefficient (Wildman–Crippen LogP) is 3.01. The Morgan fingerprint density at radius 3 is 2.70 bits per heavy atom. The third-order valence-electron chi connectivity index (χ3n) is 3.10. The summed E-state index contributed by atoms with van der Waals surface area (Å²) in [6, 6.07) is 4.36. The highest BCUT2D eigenvalue weighted by Gasteiger charge is 2.10. The maximum Gasteiger partial charge on any atom is 0.149 e. The summed E-state index contributed by atoms with van der Waals surface area (Å²) in [5, 5.41) is 0. The zero-order chi connectivity index (χ0) is 14.7. The molecule has 0 bridgehead atoms. The molecule has 1 aromatic heterocycles. The highest BCUT2D eigenvalue weighted by Crippen LogP contribution is 2.25. The van der Waals surface area contributed by atoms with Gasteiger partial charge in [0.2, 0.25) is 0 Å². The Hall–Kier alpha value is -2.30. The first-order chi connectivity index (χ1) is 9.52. The van der Waals surface area contributed by atoms with Crippen LogP contribution < -0.4 is 15.2 Å². The lowest BCUT2D eigenvalue weighted by molar-refractivity contribution is 0.297. The monoisotopic (exact) mass is 276 g/mol. The molecule has 0 amide bonds. The van der Waals surface area contributed by atoms with Gasteiger partial charge in [0.05, 0.1) is 18.5 Å². The molecule has 2 rings (SSSR count). The van der Waals surface area contributed by atoms with E-state index in [1.54, 1.807) is 19.4 Å². The molecule has 1 aromatic carbocycles. The van der Waals surface area contributed by atoms with Gasteiger partial charge in [0.25, 0.3) is 0 Å². The molecule has 2 aromatic rings. The van der Waals surface area contributed by atoms with Crippen LogP contribution in [0, 0.1) is 19.7 Å². The number of benzene rings is 1. The van der Waals surface area contributed by atoms with Crippen LogP contribution in [0.2, 0.25) is 0 Å². The standard InChI is InChI=1S/C15H17FN2O2/c1-9-7-18-14(10(2)15(9)19-3)8-20-11-4-5-13(17)12(16)6-11/h4-7H,8,17H2,1-3H3. The largest absolute Gasteiger partial charge is 0.496 e. The molecule has 0 spiro atoms. The molecule has 2 N–H and O–H groups in total. The van der Waals surface area contributed by atoms with Crippen molar-refractivity contribution < 1.29 is 13.9 Å². The number of aromatic nitrogens is 1. The topological polar surface area (TPSA) is 57.4 Å². The molecule has 20 heavy (non-hydrogen) atoms. The number of hydrogen-bond donors (Lipinski definition) is 1. The number of aryl methyl sites for hydroxylation is 1. The fourth-order valence-electron chi connectivity index (χ4n) is 1.97. The highest BCUT2D eigenvalue weighted by molar-refractivity contribution is 5.44. The van der Waals surface area contributed by atoms with E-state index >= 15 is 0 Å². The predicted molar refractivity (Wildman–Crippen MR) is 75.4 cm³/mol. The van der Waals surface area contributed by atoms with Crippen molar-refractivity contribution in [3.63, 3.8) is 0 Å². The molecule has 0 aliphatic heterocycles. The summed E-state index contributed by atoms with van der Waals surface area (Å²) in [5.74, 6) is 0.716. The Labute approximate surface area is 117 Å². The van der Waals surface area contributed by atoms with Gasteiger partial charge in [-0.25, -0.2) is 4.39 Å². The fraction of sp³-hybridized carbons (Fsp3) is 0.267. The lowest BCUT2D eigenvalue weighted by Gasteiger charge is -2.13. The molecule has 0 saturated heterocycles. The fourth-order valence-corrected chi connectivity index (χ4v) is 1.97. The van der Waals surface area contributed by atoms with E-state index in [-0.39, 0.29) is 12.3 Å². The second-order valence-corrected chi connectivity index (χ2v) is 4.52. The van der Waals surface area contributed by atoms with E-state index in [0.29, 0.717) is 5.75 Å². The van der Waals surface area contributed by atoms with Gasteiger partial charge in [-0.2, -0.15) is 0 Å². The molecule has 0 aliphatic rings. The minimum absolute atomic E-state index is 0.101. The summed E-state index contributed by atoms with van der Waals surface area (Å²) >= 11 is 0. The van der Waals surface area contributed by atoms with Crippen molar-refractivity contribution in [3.8, 4) is 11.5 Å². The van der Waals surface area contributed by atoms with E-state index in [1.807, 2.05) is 13.8 Å². The van der Waals surface area contributed by atoms with Crippen LogP contribution in [0.1, 0.15) is 16.8 Å². The van der Waals surface area contributed by atoms with E-state index in [0.717, 1.165) is 22.6 Å². The van der Waals surface area contributed by atoms with Gasteiger partial charge < -0.3 is 15.2 Å². The van der Waals surface area contributed by atoms with Gasteiger partial charge in [0.15, 0.2) is 0 Å². The van der Waals surface area contributed by atoms with E-state index < -0.39 is 5.82 Å². The molecule has 106 valence electrons. The van der Waals surface area contributed by atoms with Gasteiger partial charge in [0.1, 0.15) is 23.9 Å². The Bertz CT molecular complexity index is 630. The lowest BCUT2D eigenvalue weighted by atomic mass is 10.1. The zero-order valence-electron chi connectivity index (χ0n) is 11.7. The maximum absolute atomic E-state index is 13.3. The number of methoxy groups -OCH3 is 1. The molecular weight excluding hydrogens is 259 g/mol. The van der Waals surface area contributed by atoms with E-state index in [4.69, 9.17) is 15.2 Å². The van der Waals surface area contributed by atoms with Crippen LogP contribution in [0.25, 0.3) is 0 Å². The van der Waals surface area contributed by atoms with Gasteiger partial charge in [-0.15, -0.1) is 0 Å². The normalized spacial score (nSPS) is 10.4. The third kappa shape index (κ3) is 2.82. The quantitative estimate of drug-likeness (QED) is 0.872. The molecule has 0 aliphatic carbocycles. The van der Waals surface area contributed by atoms with Crippen molar-refractivity contribution >= 4 is 5.69 Å². The Balaban J connectivity index is 2.16. The molecule has 5 heteroatoms. The number of pyridine rings is 1.